The standard InChI is InChI=1S/C13H15N5O3/c1-21-7-6-15-13(14)17-12-9-4-2-3-5-10(9)16-8-11(12)18(19)20/h2-5,8H,6-7H2,1H3,(H3,14,15,16,17). The van der Waals surface area contributed by atoms with E-state index in [1.807, 2.05) is 0 Å². The van der Waals surface area contributed by atoms with Crippen LogP contribution in [0.15, 0.2) is 30.5 Å². The van der Waals surface area contributed by atoms with Crippen LogP contribution < -0.4 is 10.6 Å². The number of para-hydroxylation sites is 1. The van der Waals surface area contributed by atoms with E-state index in [2.05, 4.69) is 15.6 Å². The third kappa shape index (κ3) is 3.42. The Morgan fingerprint density at radius 2 is 2.24 bits per heavy atom. The van der Waals surface area contributed by atoms with Crippen LogP contribution in [0.25, 0.3) is 10.9 Å². The molecule has 2 rings (SSSR count). The number of nitrogens with zero attached hydrogens (tertiary/aromatic N) is 2. The molecule has 0 atom stereocenters. The third-order valence-corrected chi connectivity index (χ3v) is 2.81. The molecule has 0 amide bonds. The smallest absolute Gasteiger partial charge is 0.311 e. The maximum Gasteiger partial charge on any atom is 0.311 e. The van der Waals surface area contributed by atoms with E-state index >= 15 is 0 Å². The number of methoxy groups -OCH3 is 1. The van der Waals surface area contributed by atoms with Gasteiger partial charge in [-0.1, -0.05) is 18.2 Å². The molecule has 1 aromatic heterocycles. The van der Waals surface area contributed by atoms with E-state index < -0.39 is 4.92 Å². The van der Waals surface area contributed by atoms with E-state index in [-0.39, 0.29) is 17.3 Å². The molecule has 0 aliphatic heterocycles. The quantitative estimate of drug-likeness (QED) is 0.254. The number of benzene rings is 1. The number of rotatable bonds is 5. The molecule has 0 fully saturated rings. The van der Waals surface area contributed by atoms with Crippen molar-refractivity contribution >= 4 is 28.2 Å². The van der Waals surface area contributed by atoms with Crippen LogP contribution in [-0.2, 0) is 4.74 Å². The van der Waals surface area contributed by atoms with Gasteiger partial charge in [-0.3, -0.25) is 15.5 Å². The van der Waals surface area contributed by atoms with Crippen molar-refractivity contribution in [3.05, 3.63) is 40.6 Å². The van der Waals surface area contributed by atoms with Gasteiger partial charge in [-0.15, -0.1) is 0 Å². The van der Waals surface area contributed by atoms with Crippen molar-refractivity contribution in [2.45, 2.75) is 0 Å². The van der Waals surface area contributed by atoms with Crippen molar-refractivity contribution in [3.63, 3.8) is 0 Å². The Balaban J connectivity index is 2.33. The van der Waals surface area contributed by atoms with Crippen LogP contribution in [0.3, 0.4) is 0 Å². The lowest BCUT2D eigenvalue weighted by Crippen LogP contribution is -2.32. The van der Waals surface area contributed by atoms with Crippen LogP contribution in [0.5, 0.6) is 0 Å². The zero-order valence-corrected chi connectivity index (χ0v) is 11.4. The Morgan fingerprint density at radius 3 is 2.95 bits per heavy atom. The van der Waals surface area contributed by atoms with Gasteiger partial charge in [-0.05, 0) is 6.07 Å². The second-order valence-corrected chi connectivity index (χ2v) is 4.21. The lowest BCUT2D eigenvalue weighted by atomic mass is 10.1. The Kier molecular flexibility index (Phi) is 4.62. The number of ether oxygens (including phenoxy) is 1. The lowest BCUT2D eigenvalue weighted by molar-refractivity contribution is -0.384. The van der Waals surface area contributed by atoms with Gasteiger partial charge in [0.25, 0.3) is 0 Å². The summed E-state index contributed by atoms with van der Waals surface area (Å²) in [5.41, 5.74) is 0.697. The molecule has 8 heteroatoms. The van der Waals surface area contributed by atoms with Gasteiger partial charge in [0.05, 0.1) is 17.0 Å². The molecule has 0 aliphatic carbocycles. The number of pyridine rings is 1. The predicted molar refractivity (Wildman–Crippen MR) is 79.6 cm³/mol. The summed E-state index contributed by atoms with van der Waals surface area (Å²) < 4.78 is 4.87. The number of nitrogens with one attached hydrogen (secondary N) is 3. The summed E-state index contributed by atoms with van der Waals surface area (Å²) in [4.78, 5) is 14.7. The second kappa shape index (κ2) is 6.62. The Morgan fingerprint density at radius 1 is 1.48 bits per heavy atom. The summed E-state index contributed by atoms with van der Waals surface area (Å²) >= 11 is 0. The largest absolute Gasteiger partial charge is 0.383 e. The van der Waals surface area contributed by atoms with Gasteiger partial charge in [-0.25, -0.2) is 4.98 Å². The average molecular weight is 289 g/mol. The summed E-state index contributed by atoms with van der Waals surface area (Å²) in [6.07, 6.45) is 1.19. The van der Waals surface area contributed by atoms with Crippen molar-refractivity contribution in [1.29, 1.82) is 5.41 Å². The topological polar surface area (TPSA) is 113 Å². The Labute approximate surface area is 120 Å². The van der Waals surface area contributed by atoms with Gasteiger partial charge in [0.2, 0.25) is 0 Å². The van der Waals surface area contributed by atoms with Crippen LogP contribution in [0.1, 0.15) is 0 Å². The van der Waals surface area contributed by atoms with Gasteiger partial charge in [0.1, 0.15) is 11.9 Å². The molecule has 0 unspecified atom stereocenters. The molecule has 0 bridgehead atoms. The monoisotopic (exact) mass is 289 g/mol. The summed E-state index contributed by atoms with van der Waals surface area (Å²) in [7, 11) is 1.56. The number of hydrogen-bond acceptors (Lipinski definition) is 5. The highest BCUT2D eigenvalue weighted by atomic mass is 16.6. The molecule has 1 heterocycles. The first-order valence-electron chi connectivity index (χ1n) is 6.24. The third-order valence-electron chi connectivity index (χ3n) is 2.81. The number of aromatic nitrogens is 1. The number of anilines is 1. The average Bonchev–Trinajstić information content (AvgIpc) is 2.47. The van der Waals surface area contributed by atoms with Gasteiger partial charge in [0.15, 0.2) is 5.96 Å². The highest BCUT2D eigenvalue weighted by Crippen LogP contribution is 2.31. The fourth-order valence-corrected chi connectivity index (χ4v) is 1.85. The second-order valence-electron chi connectivity index (χ2n) is 4.21. The van der Waals surface area contributed by atoms with Crippen LogP contribution in [0.4, 0.5) is 11.4 Å². The number of fused-ring (bicyclic) bond motifs is 1. The fourth-order valence-electron chi connectivity index (χ4n) is 1.85. The highest BCUT2D eigenvalue weighted by molar-refractivity contribution is 6.04. The van der Waals surface area contributed by atoms with Gasteiger partial charge in [-0.2, -0.15) is 0 Å². The molecule has 8 nitrogen and oxygen atoms in total. The van der Waals surface area contributed by atoms with Gasteiger partial charge >= 0.3 is 5.69 Å². The van der Waals surface area contributed by atoms with Crippen LogP contribution >= 0.6 is 0 Å². The SMILES string of the molecule is COCCNC(=N)Nc1c([N+](=O)[O-])cnc2ccccc12. The van der Waals surface area contributed by atoms with Crippen molar-refractivity contribution in [3.8, 4) is 0 Å². The molecule has 0 radical (unpaired) electrons. The van der Waals surface area contributed by atoms with E-state index in [1.165, 1.54) is 6.20 Å². The fraction of sp³-hybridized carbons (Fsp3) is 0.231. The summed E-state index contributed by atoms with van der Waals surface area (Å²) in [5, 5.41) is 25.0. The van der Waals surface area contributed by atoms with E-state index in [4.69, 9.17) is 10.1 Å². The minimum absolute atomic E-state index is 0.0356. The van der Waals surface area contributed by atoms with Crippen molar-refractivity contribution in [1.82, 2.24) is 10.3 Å². The zero-order chi connectivity index (χ0) is 15.2. The summed E-state index contributed by atoms with van der Waals surface area (Å²) in [6, 6.07) is 7.04. The summed E-state index contributed by atoms with van der Waals surface area (Å²) in [6.45, 7) is 0.863. The van der Waals surface area contributed by atoms with E-state index in [1.54, 1.807) is 31.4 Å². The molecule has 110 valence electrons. The van der Waals surface area contributed by atoms with Crippen molar-refractivity contribution in [2.24, 2.45) is 0 Å². The molecule has 0 saturated carbocycles. The molecule has 0 aliphatic rings. The van der Waals surface area contributed by atoms with E-state index in [9.17, 15) is 10.1 Å². The van der Waals surface area contributed by atoms with Gasteiger partial charge in [0, 0.05) is 19.0 Å². The maximum atomic E-state index is 11.1. The van der Waals surface area contributed by atoms with Crippen LogP contribution in [0.2, 0.25) is 0 Å². The van der Waals surface area contributed by atoms with E-state index in [0.29, 0.717) is 24.1 Å². The number of hydrogen-bond donors (Lipinski definition) is 3. The first-order valence-corrected chi connectivity index (χ1v) is 6.24. The first-order chi connectivity index (χ1) is 10.1. The molecular formula is C13H15N5O3. The molecule has 1 aromatic carbocycles. The Bertz CT molecular complexity index is 674. The van der Waals surface area contributed by atoms with Crippen molar-refractivity contribution in [2.75, 3.05) is 25.6 Å². The molecule has 3 N–H and O–H groups in total. The molecule has 21 heavy (non-hydrogen) atoms. The highest BCUT2D eigenvalue weighted by Gasteiger charge is 2.18. The normalized spacial score (nSPS) is 10.3. The van der Waals surface area contributed by atoms with Crippen LogP contribution in [-0.4, -0.2) is 36.1 Å². The summed E-state index contributed by atoms with van der Waals surface area (Å²) in [5.74, 6) is -0.0356. The molecule has 0 spiro atoms. The molecular weight excluding hydrogens is 274 g/mol. The zero-order valence-electron chi connectivity index (χ0n) is 11.4. The van der Waals surface area contributed by atoms with Crippen molar-refractivity contribution < 1.29 is 9.66 Å². The first kappa shape index (κ1) is 14.7. The maximum absolute atomic E-state index is 11.1. The minimum atomic E-state index is -0.524. The number of nitro groups is 1. The molecule has 0 saturated heterocycles. The lowest BCUT2D eigenvalue weighted by Gasteiger charge is -2.12. The number of guanidine groups is 1. The Hall–Kier alpha value is -2.74. The van der Waals surface area contributed by atoms with Gasteiger partial charge < -0.3 is 15.4 Å². The molecule has 2 aromatic rings. The predicted octanol–water partition coefficient (Wildman–Crippen LogP) is 1.73. The van der Waals surface area contributed by atoms with E-state index in [0.717, 1.165) is 0 Å². The minimum Gasteiger partial charge on any atom is -0.383 e. The van der Waals surface area contributed by atoms with Crippen LogP contribution in [0, 0.1) is 15.5 Å².